The smallest absolute Gasteiger partial charge is 0.410 e. The van der Waals surface area contributed by atoms with Gasteiger partial charge >= 0.3 is 6.09 Å². The number of likely N-dealkylation sites (tertiary alicyclic amines) is 1. The van der Waals surface area contributed by atoms with E-state index in [0.717, 1.165) is 84.3 Å². The normalized spacial score (nSPS) is 17.7. The second kappa shape index (κ2) is 19.8. The Bertz CT molecular complexity index is 1680. The number of likely N-dealkylation sites (N-methyl/N-ethyl adjacent to an activating group) is 2. The summed E-state index contributed by atoms with van der Waals surface area (Å²) in [5.74, 6) is 0.436. The Morgan fingerprint density at radius 1 is 0.944 bits per heavy atom. The summed E-state index contributed by atoms with van der Waals surface area (Å²) in [7, 11) is 3.49. The molecule has 2 aliphatic rings. The standard InChI is InChI=1S/C42H60N4O7S/c1-29(45(6)41(49)53-42(2,3)4)37(47)27-34(30-13-8-7-9-14-30)40(48)46-21-12-17-36(46)39-44-35(28-54-39)32-18-19-38(33-16-11-10-15-31(32)33)52-26-25-51-24-23-50-22-20-43-5/h10-11,15-16,18-19,28-30,34,36,43H,7-9,12-14,17,20-27H2,1-6H3/t29-,34-,36-/m0/s1. The van der Waals surface area contributed by atoms with Crippen LogP contribution in [0.15, 0.2) is 41.8 Å². The van der Waals surface area contributed by atoms with Gasteiger partial charge in [0, 0.05) is 48.8 Å². The van der Waals surface area contributed by atoms with Gasteiger partial charge in [-0.15, -0.1) is 11.3 Å². The van der Waals surface area contributed by atoms with Gasteiger partial charge in [-0.25, -0.2) is 9.78 Å². The highest BCUT2D eigenvalue weighted by atomic mass is 32.1. The van der Waals surface area contributed by atoms with Gasteiger partial charge < -0.3 is 34.1 Å². The van der Waals surface area contributed by atoms with Gasteiger partial charge in [-0.2, -0.15) is 0 Å². The summed E-state index contributed by atoms with van der Waals surface area (Å²) in [6, 6.07) is 11.4. The number of ether oxygens (including phenoxy) is 4. The zero-order valence-electron chi connectivity index (χ0n) is 33.1. The number of amides is 2. The van der Waals surface area contributed by atoms with Gasteiger partial charge in [0.05, 0.1) is 44.2 Å². The zero-order valence-corrected chi connectivity index (χ0v) is 33.9. The molecular formula is C42H60N4O7S. The molecule has 3 aromatic rings. The molecule has 0 spiro atoms. The number of hydrogen-bond acceptors (Lipinski definition) is 10. The molecule has 1 aliphatic heterocycles. The van der Waals surface area contributed by atoms with E-state index in [1.165, 1.54) is 4.90 Å². The summed E-state index contributed by atoms with van der Waals surface area (Å²) in [5.41, 5.74) is 1.22. The third-order valence-electron chi connectivity index (χ3n) is 10.5. The van der Waals surface area contributed by atoms with Crippen LogP contribution in [-0.2, 0) is 23.8 Å². The minimum Gasteiger partial charge on any atom is -0.491 e. The lowest BCUT2D eigenvalue weighted by molar-refractivity contribution is -0.142. The first-order chi connectivity index (χ1) is 26.0. The van der Waals surface area contributed by atoms with Gasteiger partial charge in [0.1, 0.15) is 23.0 Å². The average molecular weight is 765 g/mol. The van der Waals surface area contributed by atoms with Crippen molar-refractivity contribution in [2.45, 2.75) is 96.7 Å². The molecule has 0 bridgehead atoms. The number of nitrogens with zero attached hydrogens (tertiary/aromatic N) is 3. The minimum atomic E-state index is -0.701. The summed E-state index contributed by atoms with van der Waals surface area (Å²) in [6.07, 6.45) is 6.44. The SMILES string of the molecule is CNCCOCCOCCOc1ccc(-c2csc([C@@H]3CCCN3C(=O)[C@@H](CC(=O)[C@H](C)N(C)C(=O)OC(C)(C)C)C3CCCCC3)n2)c2ccccc12. The topological polar surface area (TPSA) is 120 Å². The van der Waals surface area contributed by atoms with Crippen molar-refractivity contribution in [1.29, 1.82) is 0 Å². The number of benzene rings is 2. The number of fused-ring (bicyclic) bond motifs is 1. The lowest BCUT2D eigenvalue weighted by Gasteiger charge is -2.35. The van der Waals surface area contributed by atoms with Crippen LogP contribution in [0.25, 0.3) is 22.0 Å². The van der Waals surface area contributed by atoms with Crippen molar-refractivity contribution in [2.75, 3.05) is 60.2 Å². The lowest BCUT2D eigenvalue weighted by Crippen LogP contribution is -2.46. The molecule has 5 rings (SSSR count). The number of carbonyl (C=O) groups excluding carboxylic acids is 3. The molecule has 11 nitrogen and oxygen atoms in total. The molecule has 54 heavy (non-hydrogen) atoms. The molecule has 2 fully saturated rings. The zero-order chi connectivity index (χ0) is 38.7. The molecule has 0 radical (unpaired) electrons. The first-order valence-electron chi connectivity index (χ1n) is 19.7. The molecule has 1 N–H and O–H groups in total. The molecule has 1 saturated heterocycles. The van der Waals surface area contributed by atoms with Crippen molar-refractivity contribution in [1.82, 2.24) is 20.1 Å². The Labute approximate surface area is 325 Å². The first kappa shape index (κ1) is 41.6. The highest BCUT2D eigenvalue weighted by Gasteiger charge is 2.41. The summed E-state index contributed by atoms with van der Waals surface area (Å²) >= 11 is 1.59. The van der Waals surface area contributed by atoms with Crippen LogP contribution in [-0.4, -0.2) is 104 Å². The van der Waals surface area contributed by atoms with Crippen molar-refractivity contribution >= 4 is 39.9 Å². The summed E-state index contributed by atoms with van der Waals surface area (Å²) in [5, 5.41) is 8.10. The molecule has 1 saturated carbocycles. The van der Waals surface area contributed by atoms with E-state index in [2.05, 4.69) is 28.9 Å². The molecular weight excluding hydrogens is 705 g/mol. The Morgan fingerprint density at radius 2 is 1.65 bits per heavy atom. The largest absolute Gasteiger partial charge is 0.491 e. The van der Waals surface area contributed by atoms with Gasteiger partial charge in [-0.1, -0.05) is 43.5 Å². The van der Waals surface area contributed by atoms with Crippen LogP contribution in [0.4, 0.5) is 4.79 Å². The highest BCUT2D eigenvalue weighted by molar-refractivity contribution is 7.10. The summed E-state index contributed by atoms with van der Waals surface area (Å²) in [4.78, 5) is 49.6. The predicted octanol–water partition coefficient (Wildman–Crippen LogP) is 7.67. The van der Waals surface area contributed by atoms with Gasteiger partial charge in [0.25, 0.3) is 0 Å². The fourth-order valence-corrected chi connectivity index (χ4v) is 8.44. The van der Waals surface area contributed by atoms with Gasteiger partial charge in [0.15, 0.2) is 5.78 Å². The van der Waals surface area contributed by atoms with E-state index in [9.17, 15) is 14.4 Å². The van der Waals surface area contributed by atoms with Gasteiger partial charge in [-0.05, 0) is 83.9 Å². The van der Waals surface area contributed by atoms with Crippen molar-refractivity contribution in [3.63, 3.8) is 0 Å². The number of ketones is 1. The molecule has 2 aromatic carbocycles. The maximum Gasteiger partial charge on any atom is 0.410 e. The second-order valence-electron chi connectivity index (χ2n) is 15.5. The van der Waals surface area contributed by atoms with E-state index in [-0.39, 0.29) is 30.1 Å². The lowest BCUT2D eigenvalue weighted by atomic mass is 9.76. The average Bonchev–Trinajstić information content (AvgIpc) is 3.86. The molecule has 2 amide bonds. The number of nitrogens with one attached hydrogen (secondary N) is 1. The monoisotopic (exact) mass is 764 g/mol. The van der Waals surface area contributed by atoms with Crippen LogP contribution in [0.3, 0.4) is 0 Å². The maximum atomic E-state index is 14.6. The fourth-order valence-electron chi connectivity index (χ4n) is 7.48. The van der Waals surface area contributed by atoms with E-state index in [1.54, 1.807) is 46.1 Å². The number of carbonyl (C=O) groups is 3. The third-order valence-corrected chi connectivity index (χ3v) is 11.5. The van der Waals surface area contributed by atoms with Gasteiger partial charge in [0.2, 0.25) is 5.91 Å². The van der Waals surface area contributed by atoms with E-state index in [4.69, 9.17) is 23.9 Å². The number of rotatable bonds is 18. The number of aromatic nitrogens is 1. The molecule has 0 unspecified atom stereocenters. The maximum absolute atomic E-state index is 14.6. The Kier molecular flexibility index (Phi) is 15.3. The van der Waals surface area contributed by atoms with E-state index in [0.29, 0.717) is 39.6 Å². The Hall–Kier alpha value is -3.58. The summed E-state index contributed by atoms with van der Waals surface area (Å²) < 4.78 is 22.9. The van der Waals surface area contributed by atoms with Crippen LogP contribution in [0.2, 0.25) is 0 Å². The first-order valence-corrected chi connectivity index (χ1v) is 20.6. The minimum absolute atomic E-state index is 0.0406. The number of hydrogen-bond donors (Lipinski definition) is 1. The van der Waals surface area contributed by atoms with Crippen LogP contribution in [0.1, 0.15) is 90.1 Å². The van der Waals surface area contributed by atoms with E-state index >= 15 is 0 Å². The summed E-state index contributed by atoms with van der Waals surface area (Å²) in [6.45, 7) is 11.2. The third kappa shape index (κ3) is 11.0. The molecule has 12 heteroatoms. The second-order valence-corrected chi connectivity index (χ2v) is 16.4. The predicted molar refractivity (Wildman–Crippen MR) is 213 cm³/mol. The van der Waals surface area contributed by atoms with E-state index in [1.807, 2.05) is 30.1 Å². The van der Waals surface area contributed by atoms with Crippen molar-refractivity contribution in [2.24, 2.45) is 11.8 Å². The quantitative estimate of drug-likeness (QED) is 0.130. The van der Waals surface area contributed by atoms with Crippen molar-refractivity contribution in [3.8, 4) is 17.0 Å². The molecule has 1 aliphatic carbocycles. The van der Waals surface area contributed by atoms with Gasteiger partial charge in [-0.3, -0.25) is 9.59 Å². The highest BCUT2D eigenvalue weighted by Crippen LogP contribution is 2.41. The van der Waals surface area contributed by atoms with Crippen LogP contribution in [0, 0.1) is 11.8 Å². The van der Waals surface area contributed by atoms with Crippen LogP contribution >= 0.6 is 11.3 Å². The van der Waals surface area contributed by atoms with Crippen LogP contribution < -0.4 is 10.1 Å². The number of thiazole rings is 1. The Morgan fingerprint density at radius 3 is 2.37 bits per heavy atom. The van der Waals surface area contributed by atoms with Crippen molar-refractivity contribution in [3.05, 3.63) is 46.8 Å². The molecule has 1 aromatic heterocycles. The van der Waals surface area contributed by atoms with Crippen molar-refractivity contribution < 1.29 is 33.3 Å². The van der Waals surface area contributed by atoms with Crippen LogP contribution in [0.5, 0.6) is 5.75 Å². The molecule has 2 heterocycles. The molecule has 296 valence electrons. The number of Topliss-reactive ketones (excluding diaryl/α,β-unsaturated/α-hetero) is 1. The molecule has 3 atom stereocenters. The Balaban J connectivity index is 1.27. The van der Waals surface area contributed by atoms with E-state index < -0.39 is 23.7 Å². The fraction of sp³-hybridized carbons (Fsp3) is 0.619.